The molecule has 1 unspecified atom stereocenters. The predicted octanol–water partition coefficient (Wildman–Crippen LogP) is 4.85. The summed E-state index contributed by atoms with van der Waals surface area (Å²) < 4.78 is 24.9. The summed E-state index contributed by atoms with van der Waals surface area (Å²) in [5.41, 5.74) is 0.941. The third-order valence-electron chi connectivity index (χ3n) is 6.63. The highest BCUT2D eigenvalue weighted by atomic mass is 32.2. The molecule has 1 aromatic heterocycles. The van der Waals surface area contributed by atoms with Crippen molar-refractivity contribution in [2.24, 2.45) is 11.8 Å². The number of rotatable bonds is 5. The molecule has 1 N–H and O–H groups in total. The van der Waals surface area contributed by atoms with Crippen LogP contribution in [0.25, 0.3) is 10.4 Å². The third-order valence-corrected chi connectivity index (χ3v) is 9.61. The minimum absolute atomic E-state index is 0.0642. The van der Waals surface area contributed by atoms with E-state index in [2.05, 4.69) is 6.92 Å². The van der Waals surface area contributed by atoms with Gasteiger partial charge in [-0.25, -0.2) is 13.2 Å². The van der Waals surface area contributed by atoms with Crippen LogP contribution in [-0.2, 0) is 14.6 Å². The van der Waals surface area contributed by atoms with E-state index >= 15 is 0 Å². The molecule has 1 amide bonds. The van der Waals surface area contributed by atoms with Gasteiger partial charge in [-0.1, -0.05) is 37.3 Å². The van der Waals surface area contributed by atoms with Gasteiger partial charge in [0.2, 0.25) is 5.91 Å². The number of sulfone groups is 1. The predicted molar refractivity (Wildman–Crippen MR) is 127 cm³/mol. The van der Waals surface area contributed by atoms with E-state index in [0.717, 1.165) is 36.1 Å². The lowest BCUT2D eigenvalue weighted by Gasteiger charge is -2.37. The number of carboxylic acids is 1. The first-order chi connectivity index (χ1) is 15.2. The van der Waals surface area contributed by atoms with E-state index in [0.29, 0.717) is 23.8 Å². The third kappa shape index (κ3) is 4.91. The van der Waals surface area contributed by atoms with Gasteiger partial charge in [0.1, 0.15) is 5.00 Å². The molecule has 2 aromatic rings. The van der Waals surface area contributed by atoms with E-state index in [1.54, 1.807) is 11.0 Å². The molecule has 2 fully saturated rings. The van der Waals surface area contributed by atoms with Crippen LogP contribution in [0.1, 0.15) is 55.8 Å². The Labute approximate surface area is 193 Å². The van der Waals surface area contributed by atoms with E-state index in [4.69, 9.17) is 0 Å². The standard InChI is InChI=1S/C24H29NO5S2/c1-16-9-11-18(12-10-16)22(26)25(19-8-5-13-32(29,30)15-19)23-20(24(27)28)14-21(31-23)17-6-3-2-4-7-17/h2-4,6-7,14,16,18-19H,5,8-13,15H2,1H3,(H,27,28). The monoisotopic (exact) mass is 475 g/mol. The maximum absolute atomic E-state index is 13.8. The Bertz CT molecular complexity index is 1080. The first kappa shape index (κ1) is 23.0. The number of thiophene rings is 1. The normalized spacial score (nSPS) is 25.2. The molecule has 2 aliphatic rings. The smallest absolute Gasteiger partial charge is 0.338 e. The lowest BCUT2D eigenvalue weighted by molar-refractivity contribution is -0.124. The fourth-order valence-electron chi connectivity index (χ4n) is 4.81. The highest BCUT2D eigenvalue weighted by Crippen LogP contribution is 2.42. The van der Waals surface area contributed by atoms with E-state index in [-0.39, 0.29) is 28.9 Å². The van der Waals surface area contributed by atoms with Gasteiger partial charge in [-0.3, -0.25) is 9.69 Å². The Hall–Kier alpha value is -2.19. The number of nitrogens with zero attached hydrogens (tertiary/aromatic N) is 1. The van der Waals surface area contributed by atoms with Crippen LogP contribution in [0.4, 0.5) is 5.00 Å². The SMILES string of the molecule is CC1CCC(C(=O)N(c2sc(-c3ccccc3)cc2C(=O)O)C2CCCS(=O)(=O)C2)CC1. The summed E-state index contributed by atoms with van der Waals surface area (Å²) in [4.78, 5) is 28.3. The lowest BCUT2D eigenvalue weighted by atomic mass is 9.82. The zero-order valence-corrected chi connectivity index (χ0v) is 19.8. The second-order valence-corrected chi connectivity index (χ2v) is 12.3. The molecule has 6 nitrogen and oxygen atoms in total. The molecule has 1 aliphatic carbocycles. The minimum atomic E-state index is -3.27. The highest BCUT2D eigenvalue weighted by Gasteiger charge is 2.39. The van der Waals surface area contributed by atoms with Crippen LogP contribution in [0.3, 0.4) is 0 Å². The van der Waals surface area contributed by atoms with E-state index in [9.17, 15) is 23.1 Å². The van der Waals surface area contributed by atoms with Gasteiger partial charge in [-0.2, -0.15) is 0 Å². The number of carbonyl (C=O) groups is 2. The second-order valence-electron chi connectivity index (χ2n) is 9.08. The van der Waals surface area contributed by atoms with Gasteiger partial charge in [0.05, 0.1) is 23.1 Å². The molecule has 172 valence electrons. The molecule has 1 atom stereocenters. The zero-order chi connectivity index (χ0) is 22.9. The number of hydrogen-bond acceptors (Lipinski definition) is 5. The number of aromatic carboxylic acids is 1. The van der Waals surface area contributed by atoms with Crippen molar-refractivity contribution >= 4 is 38.1 Å². The van der Waals surface area contributed by atoms with Gasteiger partial charge >= 0.3 is 5.97 Å². The summed E-state index contributed by atoms with van der Waals surface area (Å²) in [6.45, 7) is 2.18. The average Bonchev–Trinajstić information content (AvgIpc) is 3.20. The molecule has 2 heterocycles. The summed E-state index contributed by atoms with van der Waals surface area (Å²) in [6.07, 6.45) is 4.48. The number of carboxylic acid groups (broad SMARTS) is 1. The highest BCUT2D eigenvalue weighted by molar-refractivity contribution is 7.91. The van der Waals surface area contributed by atoms with Crippen molar-refractivity contribution in [1.29, 1.82) is 0 Å². The maximum atomic E-state index is 13.8. The van der Waals surface area contributed by atoms with Crippen molar-refractivity contribution in [3.8, 4) is 10.4 Å². The molecule has 1 aliphatic heterocycles. The number of amides is 1. The van der Waals surface area contributed by atoms with E-state index in [1.807, 2.05) is 30.3 Å². The van der Waals surface area contributed by atoms with Gasteiger partial charge in [0.15, 0.2) is 9.84 Å². The minimum Gasteiger partial charge on any atom is -0.478 e. The van der Waals surface area contributed by atoms with Crippen LogP contribution in [0.15, 0.2) is 36.4 Å². The first-order valence-corrected chi connectivity index (χ1v) is 13.8. The summed E-state index contributed by atoms with van der Waals surface area (Å²) in [5, 5.41) is 10.3. The summed E-state index contributed by atoms with van der Waals surface area (Å²) in [7, 11) is -3.27. The Morgan fingerprint density at radius 3 is 2.38 bits per heavy atom. The van der Waals surface area contributed by atoms with Gasteiger partial charge in [-0.15, -0.1) is 11.3 Å². The molecule has 1 saturated heterocycles. The number of hydrogen-bond donors (Lipinski definition) is 1. The molecular formula is C24H29NO5S2. The Kier molecular flexibility index (Phi) is 6.72. The van der Waals surface area contributed by atoms with Crippen LogP contribution in [0.5, 0.6) is 0 Å². The molecule has 0 bridgehead atoms. The summed E-state index contributed by atoms with van der Waals surface area (Å²) in [6, 6.07) is 10.5. The van der Waals surface area contributed by atoms with Crippen molar-refractivity contribution in [2.45, 2.75) is 51.5 Å². The van der Waals surface area contributed by atoms with Gasteiger partial charge < -0.3 is 5.11 Å². The average molecular weight is 476 g/mol. The van der Waals surface area contributed by atoms with Crippen LogP contribution in [-0.4, -0.2) is 42.9 Å². The second kappa shape index (κ2) is 9.35. The van der Waals surface area contributed by atoms with Gasteiger partial charge in [-0.05, 0) is 56.1 Å². The van der Waals surface area contributed by atoms with Gasteiger partial charge in [0.25, 0.3) is 0 Å². The fourth-order valence-corrected chi connectivity index (χ4v) is 7.72. The quantitative estimate of drug-likeness (QED) is 0.667. The molecule has 8 heteroatoms. The Morgan fingerprint density at radius 2 is 1.75 bits per heavy atom. The van der Waals surface area contributed by atoms with E-state index in [1.165, 1.54) is 11.3 Å². The van der Waals surface area contributed by atoms with E-state index < -0.39 is 21.8 Å². The maximum Gasteiger partial charge on any atom is 0.338 e. The number of benzene rings is 1. The number of carbonyl (C=O) groups excluding carboxylic acids is 1. The summed E-state index contributed by atoms with van der Waals surface area (Å²) >= 11 is 1.27. The summed E-state index contributed by atoms with van der Waals surface area (Å²) in [5.74, 6) is -0.837. The first-order valence-electron chi connectivity index (χ1n) is 11.2. The molecule has 4 rings (SSSR count). The molecule has 1 aromatic carbocycles. The van der Waals surface area contributed by atoms with Crippen molar-refractivity contribution in [1.82, 2.24) is 0 Å². The Balaban J connectivity index is 1.78. The molecule has 0 spiro atoms. The van der Waals surface area contributed by atoms with Crippen LogP contribution in [0, 0.1) is 11.8 Å². The number of anilines is 1. The van der Waals surface area contributed by atoms with Crippen molar-refractivity contribution in [3.63, 3.8) is 0 Å². The lowest BCUT2D eigenvalue weighted by Crippen LogP contribution is -2.49. The van der Waals surface area contributed by atoms with Crippen molar-refractivity contribution in [3.05, 3.63) is 42.0 Å². The van der Waals surface area contributed by atoms with Crippen LogP contribution < -0.4 is 4.90 Å². The molecule has 0 radical (unpaired) electrons. The molecule has 1 saturated carbocycles. The van der Waals surface area contributed by atoms with Crippen molar-refractivity contribution in [2.75, 3.05) is 16.4 Å². The molecular weight excluding hydrogens is 446 g/mol. The largest absolute Gasteiger partial charge is 0.478 e. The Morgan fingerprint density at radius 1 is 1.06 bits per heavy atom. The van der Waals surface area contributed by atoms with Crippen molar-refractivity contribution < 1.29 is 23.1 Å². The van der Waals surface area contributed by atoms with Gasteiger partial charge in [0, 0.05) is 10.8 Å². The fraction of sp³-hybridized carbons (Fsp3) is 0.500. The topological polar surface area (TPSA) is 91.8 Å². The zero-order valence-electron chi connectivity index (χ0n) is 18.2. The van der Waals surface area contributed by atoms with Crippen LogP contribution >= 0.6 is 11.3 Å². The van der Waals surface area contributed by atoms with Crippen LogP contribution in [0.2, 0.25) is 0 Å². The molecule has 32 heavy (non-hydrogen) atoms.